The molecule has 82 valence electrons. The van der Waals surface area contributed by atoms with Gasteiger partial charge in [-0.2, -0.15) is 0 Å². The van der Waals surface area contributed by atoms with Gasteiger partial charge in [-0.1, -0.05) is 23.2 Å². The van der Waals surface area contributed by atoms with E-state index in [4.69, 9.17) is 28.9 Å². The van der Waals surface area contributed by atoms with Crippen LogP contribution < -0.4 is 5.73 Å². The summed E-state index contributed by atoms with van der Waals surface area (Å²) < 4.78 is 22.1. The van der Waals surface area contributed by atoms with E-state index in [1.165, 1.54) is 0 Å². The summed E-state index contributed by atoms with van der Waals surface area (Å²) in [6, 6.07) is 0. The summed E-state index contributed by atoms with van der Waals surface area (Å²) in [5.74, 6) is -0.926. The van der Waals surface area contributed by atoms with Gasteiger partial charge in [0.2, 0.25) is 15.0 Å². The third-order valence-corrected chi connectivity index (χ3v) is 2.77. The first-order chi connectivity index (χ1) is 6.73. The lowest BCUT2D eigenvalue weighted by molar-refractivity contribution is 0.0999. The average molecular weight is 270 g/mol. The molecule has 0 atom stereocenters. The van der Waals surface area contributed by atoms with E-state index in [0.29, 0.717) is 0 Å². The predicted molar refractivity (Wildman–Crippen MR) is 53.7 cm³/mol. The summed E-state index contributed by atoms with van der Waals surface area (Å²) in [6.07, 6.45) is 0.888. The summed E-state index contributed by atoms with van der Waals surface area (Å²) >= 11 is 11.1. The number of aromatic nitrogens is 2. The van der Waals surface area contributed by atoms with Crippen molar-refractivity contribution < 1.29 is 13.2 Å². The minimum atomic E-state index is -3.63. The second-order valence-corrected chi connectivity index (χ2v) is 5.22. The standard InChI is InChI=1S/C6H5Cl2N3O3S/c1-15(13,14)6-10-3(7)2(5(9)12)4(8)11-6/h1H3,(H2,9,12). The lowest BCUT2D eigenvalue weighted by Gasteiger charge is -2.03. The summed E-state index contributed by atoms with van der Waals surface area (Å²) in [4.78, 5) is 17.6. The van der Waals surface area contributed by atoms with Crippen molar-refractivity contribution in [2.45, 2.75) is 5.16 Å². The molecule has 0 unspecified atom stereocenters. The lowest BCUT2D eigenvalue weighted by atomic mass is 10.3. The predicted octanol–water partition coefficient (Wildman–Crippen LogP) is 0.286. The Morgan fingerprint density at radius 1 is 1.27 bits per heavy atom. The highest BCUT2D eigenvalue weighted by Crippen LogP contribution is 2.21. The van der Waals surface area contributed by atoms with Crippen LogP contribution in [0.15, 0.2) is 5.16 Å². The van der Waals surface area contributed by atoms with E-state index in [1.807, 2.05) is 0 Å². The molecule has 0 fully saturated rings. The van der Waals surface area contributed by atoms with Crippen molar-refractivity contribution in [1.82, 2.24) is 9.97 Å². The first-order valence-corrected chi connectivity index (χ1v) is 6.11. The number of hydrogen-bond acceptors (Lipinski definition) is 5. The average Bonchev–Trinajstić information content (AvgIpc) is 1.99. The van der Waals surface area contributed by atoms with E-state index >= 15 is 0 Å². The third-order valence-electron chi connectivity index (χ3n) is 1.38. The first-order valence-electron chi connectivity index (χ1n) is 3.46. The van der Waals surface area contributed by atoms with Crippen LogP contribution in [-0.4, -0.2) is 30.5 Å². The van der Waals surface area contributed by atoms with Gasteiger partial charge in [-0.15, -0.1) is 0 Å². The molecule has 0 aliphatic rings. The number of carbonyl (C=O) groups is 1. The number of nitrogens with two attached hydrogens (primary N) is 1. The van der Waals surface area contributed by atoms with Gasteiger partial charge in [0.1, 0.15) is 15.9 Å². The van der Waals surface area contributed by atoms with Gasteiger partial charge >= 0.3 is 0 Å². The number of primary amides is 1. The van der Waals surface area contributed by atoms with Crippen LogP contribution in [0.1, 0.15) is 10.4 Å². The Kier molecular flexibility index (Phi) is 3.17. The fourth-order valence-corrected chi connectivity index (χ4v) is 1.95. The maximum absolute atomic E-state index is 11.1. The van der Waals surface area contributed by atoms with Gasteiger partial charge in [-0.05, 0) is 0 Å². The van der Waals surface area contributed by atoms with Gasteiger partial charge in [-0.25, -0.2) is 18.4 Å². The van der Waals surface area contributed by atoms with Gasteiger partial charge in [0.05, 0.1) is 0 Å². The number of rotatable bonds is 2. The summed E-state index contributed by atoms with van der Waals surface area (Å²) in [7, 11) is -3.63. The molecule has 0 aliphatic heterocycles. The molecule has 0 aromatic carbocycles. The Morgan fingerprint density at radius 2 is 1.67 bits per heavy atom. The number of halogens is 2. The first kappa shape index (κ1) is 12.2. The maximum Gasteiger partial charge on any atom is 0.254 e. The summed E-state index contributed by atoms with van der Waals surface area (Å²) in [5, 5.41) is -1.33. The smallest absolute Gasteiger partial charge is 0.254 e. The SMILES string of the molecule is CS(=O)(=O)c1nc(Cl)c(C(N)=O)c(Cl)n1. The van der Waals surface area contributed by atoms with E-state index in [1.54, 1.807) is 0 Å². The van der Waals surface area contributed by atoms with Crippen LogP contribution in [-0.2, 0) is 9.84 Å². The van der Waals surface area contributed by atoms with Crippen molar-refractivity contribution in [2.75, 3.05) is 6.26 Å². The van der Waals surface area contributed by atoms with Crippen LogP contribution >= 0.6 is 23.2 Å². The zero-order chi connectivity index (χ0) is 11.8. The molecule has 0 spiro atoms. The van der Waals surface area contributed by atoms with Crippen LogP contribution in [0.5, 0.6) is 0 Å². The number of hydrogen-bond donors (Lipinski definition) is 1. The molecule has 1 aromatic rings. The minimum absolute atomic E-state index is 0.300. The number of amides is 1. The molecule has 6 nitrogen and oxygen atoms in total. The largest absolute Gasteiger partial charge is 0.365 e. The van der Waals surface area contributed by atoms with Crippen molar-refractivity contribution in [2.24, 2.45) is 5.73 Å². The number of sulfone groups is 1. The van der Waals surface area contributed by atoms with Gasteiger partial charge in [0, 0.05) is 6.26 Å². The zero-order valence-corrected chi connectivity index (χ0v) is 9.69. The Hall–Kier alpha value is -0.920. The van der Waals surface area contributed by atoms with Crippen LogP contribution in [0.3, 0.4) is 0 Å². The molecule has 2 N–H and O–H groups in total. The molecule has 0 radical (unpaired) electrons. The Balaban J connectivity index is 3.52. The van der Waals surface area contributed by atoms with Gasteiger partial charge < -0.3 is 5.73 Å². The van der Waals surface area contributed by atoms with Crippen molar-refractivity contribution >= 4 is 38.9 Å². The van der Waals surface area contributed by atoms with Gasteiger partial charge in [0.15, 0.2) is 0 Å². The molecule has 0 saturated heterocycles. The molecule has 15 heavy (non-hydrogen) atoms. The molecule has 1 aromatic heterocycles. The normalized spacial score (nSPS) is 11.4. The Labute approximate surface area is 95.3 Å². The Bertz CT molecular complexity index is 505. The topological polar surface area (TPSA) is 103 Å². The van der Waals surface area contributed by atoms with Crippen LogP contribution in [0.2, 0.25) is 10.3 Å². The highest BCUT2D eigenvalue weighted by Gasteiger charge is 2.20. The Morgan fingerprint density at radius 3 is 1.93 bits per heavy atom. The second kappa shape index (κ2) is 3.92. The third kappa shape index (κ3) is 2.55. The summed E-state index contributed by atoms with van der Waals surface area (Å²) in [5.41, 5.74) is 4.64. The molecule has 0 bridgehead atoms. The molecule has 0 saturated carbocycles. The number of nitrogens with zero attached hydrogens (tertiary/aromatic N) is 2. The molecule has 1 amide bonds. The molecular weight excluding hydrogens is 265 g/mol. The lowest BCUT2D eigenvalue weighted by Crippen LogP contribution is -2.16. The minimum Gasteiger partial charge on any atom is -0.365 e. The van der Waals surface area contributed by atoms with Crippen LogP contribution in [0, 0.1) is 0 Å². The quantitative estimate of drug-likeness (QED) is 0.614. The summed E-state index contributed by atoms with van der Waals surface area (Å²) in [6.45, 7) is 0. The van der Waals surface area contributed by atoms with E-state index in [9.17, 15) is 13.2 Å². The van der Waals surface area contributed by atoms with Crippen LogP contribution in [0.25, 0.3) is 0 Å². The molecule has 1 heterocycles. The molecule has 0 aliphatic carbocycles. The van der Waals surface area contributed by atoms with Crippen molar-refractivity contribution in [1.29, 1.82) is 0 Å². The van der Waals surface area contributed by atoms with E-state index in [2.05, 4.69) is 9.97 Å². The number of carbonyl (C=O) groups excluding carboxylic acids is 1. The fraction of sp³-hybridized carbons (Fsp3) is 0.167. The van der Waals surface area contributed by atoms with E-state index < -0.39 is 20.9 Å². The van der Waals surface area contributed by atoms with Crippen LogP contribution in [0.4, 0.5) is 0 Å². The monoisotopic (exact) mass is 269 g/mol. The second-order valence-electron chi connectivity index (χ2n) is 2.60. The van der Waals surface area contributed by atoms with Crippen molar-refractivity contribution in [3.63, 3.8) is 0 Å². The van der Waals surface area contributed by atoms with E-state index in [0.717, 1.165) is 6.26 Å². The van der Waals surface area contributed by atoms with Crippen molar-refractivity contribution in [3.05, 3.63) is 15.9 Å². The fourth-order valence-electron chi connectivity index (χ4n) is 0.759. The molecular formula is C6H5Cl2N3O3S. The van der Waals surface area contributed by atoms with Gasteiger partial charge in [-0.3, -0.25) is 4.79 Å². The highest BCUT2D eigenvalue weighted by atomic mass is 35.5. The highest BCUT2D eigenvalue weighted by molar-refractivity contribution is 7.90. The molecule has 1 rings (SSSR count). The van der Waals surface area contributed by atoms with Crippen molar-refractivity contribution in [3.8, 4) is 0 Å². The van der Waals surface area contributed by atoms with E-state index in [-0.39, 0.29) is 15.9 Å². The molecule has 9 heteroatoms. The zero-order valence-electron chi connectivity index (χ0n) is 7.36. The van der Waals surface area contributed by atoms with Gasteiger partial charge in [0.25, 0.3) is 5.91 Å². The maximum atomic E-state index is 11.1.